The van der Waals surface area contributed by atoms with Gasteiger partial charge in [0.25, 0.3) is 0 Å². The molecule has 0 N–H and O–H groups in total. The van der Waals surface area contributed by atoms with Gasteiger partial charge in [-0.1, -0.05) is 212 Å². The third kappa shape index (κ3) is 48.5. The largest absolute Gasteiger partial charge is 0.312 e. The lowest BCUT2D eigenvalue weighted by Crippen LogP contribution is -1.99. The molecule has 43 heavy (non-hydrogen) atoms. The Morgan fingerprint density at radius 1 is 0.372 bits per heavy atom. The van der Waals surface area contributed by atoms with Gasteiger partial charge in [-0.25, -0.2) is 0 Å². The maximum atomic E-state index is 2.46. The van der Waals surface area contributed by atoms with Crippen molar-refractivity contribution in [3.05, 3.63) is 24.3 Å². The van der Waals surface area contributed by atoms with Crippen molar-refractivity contribution in [2.75, 3.05) is 21.1 Å². The third-order valence-electron chi connectivity index (χ3n) is 8.59. The van der Waals surface area contributed by atoms with E-state index < -0.39 is 0 Å². The molecule has 0 aliphatic rings. The highest BCUT2D eigenvalue weighted by molar-refractivity contribution is 4.92. The molecule has 0 aliphatic heterocycles. The number of rotatable bonds is 33. The summed E-state index contributed by atoms with van der Waals surface area (Å²) in [7, 11) is 6.00. The molecule has 0 amide bonds. The zero-order chi connectivity index (χ0) is 31.9. The summed E-state index contributed by atoms with van der Waals surface area (Å²) >= 11 is 0. The fourth-order valence-electron chi connectivity index (χ4n) is 5.75. The van der Waals surface area contributed by atoms with E-state index in [1.165, 1.54) is 199 Å². The highest BCUT2D eigenvalue weighted by Gasteiger charge is 1.96. The van der Waals surface area contributed by atoms with Crippen LogP contribution in [0.2, 0.25) is 0 Å². The molecule has 1 nitrogen and oxygen atoms in total. The van der Waals surface area contributed by atoms with Gasteiger partial charge >= 0.3 is 0 Å². The monoisotopic (exact) mass is 604 g/mol. The Balaban J connectivity index is 0. The first-order valence-corrected chi connectivity index (χ1v) is 20.0. The minimum absolute atomic E-state index is 0.698. The molecule has 0 heterocycles. The molecule has 0 aromatic carbocycles. The van der Waals surface area contributed by atoms with Crippen LogP contribution in [0.1, 0.15) is 220 Å². The Morgan fingerprint density at radius 3 is 0.930 bits per heavy atom. The molecule has 1 heteroatoms. The summed E-state index contributed by atoms with van der Waals surface area (Å²) in [6.45, 7) is 6.98. The summed E-state index contributed by atoms with van der Waals surface area (Å²) in [4.78, 5) is 2.00. The Labute approximate surface area is 275 Å². The van der Waals surface area contributed by atoms with Crippen LogP contribution >= 0.6 is 0 Å². The van der Waals surface area contributed by atoms with Crippen LogP contribution < -0.4 is 0 Å². The molecule has 258 valence electrons. The predicted molar refractivity (Wildman–Crippen MR) is 202 cm³/mol. The summed E-state index contributed by atoms with van der Waals surface area (Å²) in [6, 6.07) is 0. The molecular weight excluding hydrogens is 518 g/mol. The highest BCUT2D eigenvalue weighted by atomic mass is 15.0. The fraction of sp³-hybridized carbons (Fsp3) is 0.905. The molecule has 1 unspecified atom stereocenters. The Kier molecular flexibility index (Phi) is 42.9. The maximum Gasteiger partial charge on any atom is -0.0140 e. The van der Waals surface area contributed by atoms with Crippen LogP contribution in [0.4, 0.5) is 0 Å². The standard InChI is InChI=1S/C39H76.C3H9N/c1-4-6-8-10-12-14-16-18-20-22-24-26-28-30-32-34-36-38-39(3)37-35-33-31-29-27-25-23-21-19-17-15-13-11-9-7-5-2;1-4(2)3/h34-37,39H,4-33,38H2,1-3H3;1-3H3. The zero-order valence-corrected chi connectivity index (χ0v) is 31.3. The molecule has 0 radical (unpaired) electrons. The molecule has 0 aromatic heterocycles. The van der Waals surface area contributed by atoms with Crippen molar-refractivity contribution in [3.8, 4) is 0 Å². The second kappa shape index (κ2) is 41.4. The van der Waals surface area contributed by atoms with E-state index in [4.69, 9.17) is 0 Å². The van der Waals surface area contributed by atoms with Gasteiger partial charge in [0.05, 0.1) is 0 Å². The zero-order valence-electron chi connectivity index (χ0n) is 31.3. The number of hydrogen-bond donors (Lipinski definition) is 0. The van der Waals surface area contributed by atoms with Gasteiger partial charge in [0.2, 0.25) is 0 Å². The van der Waals surface area contributed by atoms with Crippen LogP contribution in [0.5, 0.6) is 0 Å². The van der Waals surface area contributed by atoms with E-state index in [0.717, 1.165) is 0 Å². The summed E-state index contributed by atoms with van der Waals surface area (Å²) in [5.41, 5.74) is 0. The van der Waals surface area contributed by atoms with Crippen molar-refractivity contribution < 1.29 is 0 Å². The average Bonchev–Trinajstić information content (AvgIpc) is 2.98. The normalized spacial score (nSPS) is 12.4. The fourth-order valence-corrected chi connectivity index (χ4v) is 5.75. The predicted octanol–water partition coefficient (Wildman–Crippen LogP) is 15.0. The molecule has 0 aliphatic carbocycles. The van der Waals surface area contributed by atoms with E-state index in [-0.39, 0.29) is 0 Å². The molecule has 0 saturated heterocycles. The van der Waals surface area contributed by atoms with Gasteiger partial charge in [0.15, 0.2) is 0 Å². The second-order valence-corrected chi connectivity index (χ2v) is 14.2. The van der Waals surface area contributed by atoms with Gasteiger partial charge in [-0.05, 0) is 59.2 Å². The van der Waals surface area contributed by atoms with Crippen LogP contribution in [-0.2, 0) is 0 Å². The SMILES string of the molecule is CCCCCCCCCCCCCCCCC=CCC(C)C=CCCCCCCCCCCCCCCCC.CN(C)C. The Hall–Kier alpha value is -0.560. The van der Waals surface area contributed by atoms with Crippen molar-refractivity contribution >= 4 is 0 Å². The Morgan fingerprint density at radius 2 is 0.628 bits per heavy atom. The van der Waals surface area contributed by atoms with E-state index in [1.54, 1.807) is 0 Å². The van der Waals surface area contributed by atoms with Gasteiger partial charge in [0, 0.05) is 0 Å². The molecule has 0 bridgehead atoms. The summed E-state index contributed by atoms with van der Waals surface area (Å²) < 4.78 is 0. The van der Waals surface area contributed by atoms with Crippen LogP contribution in [0.3, 0.4) is 0 Å². The number of nitrogens with zero attached hydrogens (tertiary/aromatic N) is 1. The number of unbranched alkanes of at least 4 members (excludes halogenated alkanes) is 28. The third-order valence-corrected chi connectivity index (χ3v) is 8.59. The molecule has 0 rings (SSSR count). The van der Waals surface area contributed by atoms with Gasteiger partial charge in [-0.15, -0.1) is 0 Å². The number of hydrogen-bond acceptors (Lipinski definition) is 1. The van der Waals surface area contributed by atoms with Crippen molar-refractivity contribution in [1.82, 2.24) is 4.90 Å². The van der Waals surface area contributed by atoms with E-state index in [1.807, 2.05) is 26.0 Å². The van der Waals surface area contributed by atoms with Crippen molar-refractivity contribution in [2.24, 2.45) is 5.92 Å². The first-order valence-electron chi connectivity index (χ1n) is 20.0. The first kappa shape index (κ1) is 44.6. The lowest BCUT2D eigenvalue weighted by Gasteiger charge is -2.03. The molecular formula is C42H85N. The molecule has 0 fully saturated rings. The molecule has 0 aromatic rings. The van der Waals surface area contributed by atoms with Gasteiger partial charge in [0.1, 0.15) is 0 Å². The van der Waals surface area contributed by atoms with E-state index in [2.05, 4.69) is 45.1 Å². The van der Waals surface area contributed by atoms with E-state index >= 15 is 0 Å². The lowest BCUT2D eigenvalue weighted by molar-refractivity contribution is 0.505. The quantitative estimate of drug-likeness (QED) is 0.0532. The first-order chi connectivity index (χ1) is 21.0. The summed E-state index contributed by atoms with van der Waals surface area (Å²) in [5, 5.41) is 0. The summed E-state index contributed by atoms with van der Waals surface area (Å²) in [5.74, 6) is 0.698. The minimum atomic E-state index is 0.698. The minimum Gasteiger partial charge on any atom is -0.312 e. The smallest absolute Gasteiger partial charge is 0.0140 e. The van der Waals surface area contributed by atoms with Crippen LogP contribution in [0.25, 0.3) is 0 Å². The Bertz CT molecular complexity index is 516. The van der Waals surface area contributed by atoms with E-state index in [9.17, 15) is 0 Å². The van der Waals surface area contributed by atoms with Crippen molar-refractivity contribution in [2.45, 2.75) is 220 Å². The van der Waals surface area contributed by atoms with Crippen LogP contribution in [-0.4, -0.2) is 26.0 Å². The van der Waals surface area contributed by atoms with Gasteiger partial charge in [-0.3, -0.25) is 0 Å². The second-order valence-electron chi connectivity index (χ2n) is 14.2. The number of allylic oxidation sites excluding steroid dienone is 4. The van der Waals surface area contributed by atoms with Crippen molar-refractivity contribution in [3.63, 3.8) is 0 Å². The van der Waals surface area contributed by atoms with Crippen molar-refractivity contribution in [1.29, 1.82) is 0 Å². The van der Waals surface area contributed by atoms with Crippen LogP contribution in [0.15, 0.2) is 24.3 Å². The maximum absolute atomic E-state index is 2.46. The summed E-state index contributed by atoms with van der Waals surface area (Å²) in [6.07, 6.45) is 54.2. The topological polar surface area (TPSA) is 3.24 Å². The molecule has 0 spiro atoms. The molecule has 0 saturated carbocycles. The van der Waals surface area contributed by atoms with E-state index in [0.29, 0.717) is 5.92 Å². The molecule has 1 atom stereocenters. The average molecular weight is 604 g/mol. The highest BCUT2D eigenvalue weighted by Crippen LogP contribution is 2.15. The van der Waals surface area contributed by atoms with Gasteiger partial charge in [-0.2, -0.15) is 0 Å². The van der Waals surface area contributed by atoms with Crippen LogP contribution in [0, 0.1) is 5.92 Å². The lowest BCUT2D eigenvalue weighted by atomic mass is 10.0. The van der Waals surface area contributed by atoms with Gasteiger partial charge < -0.3 is 4.90 Å².